The van der Waals surface area contributed by atoms with Gasteiger partial charge < -0.3 is 4.74 Å². The van der Waals surface area contributed by atoms with Crippen molar-refractivity contribution >= 4 is 17.8 Å². The lowest BCUT2D eigenvalue weighted by atomic mass is 9.70. The molecule has 1 aliphatic heterocycles. The number of carbonyl (C=O) groups excluding carboxylic acids is 3. The van der Waals surface area contributed by atoms with Gasteiger partial charge in [0.05, 0.1) is 17.6 Å². The highest BCUT2D eigenvalue weighted by Crippen LogP contribution is 2.44. The van der Waals surface area contributed by atoms with Crippen LogP contribution in [0.25, 0.3) is 0 Å². The highest BCUT2D eigenvalue weighted by Gasteiger charge is 2.54. The van der Waals surface area contributed by atoms with Gasteiger partial charge in [0.25, 0.3) is 0 Å². The molecule has 0 saturated carbocycles. The highest BCUT2D eigenvalue weighted by molar-refractivity contribution is 5.84. The molecule has 0 aromatic heterocycles. The molecule has 1 fully saturated rings. The van der Waals surface area contributed by atoms with E-state index in [0.29, 0.717) is 25.7 Å². The number of carbonyl (C=O) groups is 2. The van der Waals surface area contributed by atoms with E-state index in [1.54, 1.807) is 0 Å². The van der Waals surface area contributed by atoms with Crippen LogP contribution in [0.2, 0.25) is 0 Å². The number of rotatable bonds is 11. The number of nitrogens with zero attached hydrogens (tertiary/aromatic N) is 2. The summed E-state index contributed by atoms with van der Waals surface area (Å²) in [4.78, 5) is 46.3. The minimum Gasteiger partial charge on any atom is -0.462 e. The second-order valence-electron chi connectivity index (χ2n) is 9.50. The summed E-state index contributed by atoms with van der Waals surface area (Å²) >= 11 is 0. The molecule has 0 aliphatic carbocycles. The number of hydrogen-bond donors (Lipinski definition) is 0. The molecular weight excluding hydrogens is 420 g/mol. The molecule has 0 spiro atoms. The molecule has 0 amide bonds. The summed E-state index contributed by atoms with van der Waals surface area (Å²) in [5, 5.41) is 1.92. The van der Waals surface area contributed by atoms with Gasteiger partial charge in [-0.25, -0.2) is 14.6 Å². The van der Waals surface area contributed by atoms with Crippen LogP contribution in [-0.2, 0) is 24.0 Å². The largest absolute Gasteiger partial charge is 0.462 e. The van der Waals surface area contributed by atoms with Crippen molar-refractivity contribution < 1.29 is 24.0 Å². The van der Waals surface area contributed by atoms with Gasteiger partial charge in [0, 0.05) is 12.3 Å². The summed E-state index contributed by atoms with van der Waals surface area (Å²) in [7, 11) is 0. The number of aliphatic imine (C=N–C) groups is 1. The quantitative estimate of drug-likeness (QED) is 0.208. The number of benzene rings is 1. The Hall–Kier alpha value is -2.34. The van der Waals surface area contributed by atoms with Gasteiger partial charge in [-0.2, -0.15) is 5.06 Å². The van der Waals surface area contributed by atoms with Gasteiger partial charge in [0.1, 0.15) is 12.4 Å². The van der Waals surface area contributed by atoms with Crippen molar-refractivity contribution in [3.63, 3.8) is 0 Å². The van der Waals surface area contributed by atoms with E-state index in [1.165, 1.54) is 6.08 Å². The number of Topliss-reactive ketones (excluding diaryl/α,β-unsaturated/α-hetero) is 1. The first-order chi connectivity index (χ1) is 15.6. The lowest BCUT2D eigenvalue weighted by Gasteiger charge is -2.56. The lowest BCUT2D eigenvalue weighted by Crippen LogP contribution is -2.67. The van der Waals surface area contributed by atoms with Crippen molar-refractivity contribution in [1.29, 1.82) is 0 Å². The molecule has 182 valence electrons. The van der Waals surface area contributed by atoms with Crippen molar-refractivity contribution in [1.82, 2.24) is 5.06 Å². The van der Waals surface area contributed by atoms with E-state index >= 15 is 0 Å². The van der Waals surface area contributed by atoms with Crippen molar-refractivity contribution in [2.24, 2.45) is 10.9 Å². The summed E-state index contributed by atoms with van der Waals surface area (Å²) in [5.41, 5.74) is 0.00401. The van der Waals surface area contributed by atoms with Gasteiger partial charge in [-0.05, 0) is 44.6 Å². The molecule has 0 radical (unpaired) electrons. The first-order valence-corrected chi connectivity index (χ1v) is 11.9. The zero-order valence-electron chi connectivity index (χ0n) is 20.8. The molecule has 1 heterocycles. The van der Waals surface area contributed by atoms with Gasteiger partial charge in [-0.15, -0.1) is 0 Å². The number of ether oxygens (including phenoxy) is 1. The Kier molecular flexibility index (Phi) is 9.53. The van der Waals surface area contributed by atoms with E-state index in [4.69, 9.17) is 9.57 Å². The summed E-state index contributed by atoms with van der Waals surface area (Å²) in [6, 6.07) is 9.95. The minimum atomic E-state index is -0.863. The summed E-state index contributed by atoms with van der Waals surface area (Å²) in [5.74, 6) is -0.471. The Balaban J connectivity index is 2.36. The molecular formula is C26H38N2O5. The first kappa shape index (κ1) is 26.9. The maximum Gasteiger partial charge on any atom is 0.337 e. The Morgan fingerprint density at radius 1 is 1.24 bits per heavy atom. The monoisotopic (exact) mass is 458 g/mol. The number of piperidine rings is 1. The first-order valence-electron chi connectivity index (χ1n) is 11.9. The number of isocyanates is 1. The topological polar surface area (TPSA) is 85.3 Å². The summed E-state index contributed by atoms with van der Waals surface area (Å²) in [6.45, 7) is 12.2. The zero-order chi connectivity index (χ0) is 24.6. The fraction of sp³-hybridized carbons (Fsp3) is 0.654. The van der Waals surface area contributed by atoms with E-state index in [0.717, 1.165) is 5.56 Å². The standard InChI is InChI=1S/C26H38N2O5/c1-7-25(5)17-22(30)20(4)26(6,8-2)28(25)33-23(24(31)32-15-14-27-18-29)16-19(3)21-12-10-9-11-13-21/h9-13,19-20,23H,7-8,14-17H2,1-6H3. The maximum atomic E-state index is 13.1. The Morgan fingerprint density at radius 3 is 2.48 bits per heavy atom. The van der Waals surface area contributed by atoms with Crippen LogP contribution in [0.1, 0.15) is 78.7 Å². The molecule has 1 aromatic carbocycles. The molecule has 1 aliphatic rings. The smallest absolute Gasteiger partial charge is 0.337 e. The van der Waals surface area contributed by atoms with Crippen molar-refractivity contribution in [3.8, 4) is 0 Å². The van der Waals surface area contributed by atoms with Crippen LogP contribution >= 0.6 is 0 Å². The number of ketones is 1. The van der Waals surface area contributed by atoms with Gasteiger partial charge in [0.2, 0.25) is 6.08 Å². The maximum absolute atomic E-state index is 13.1. The normalized spacial score (nSPS) is 27.5. The molecule has 5 unspecified atom stereocenters. The predicted octanol–water partition coefficient (Wildman–Crippen LogP) is 4.61. The molecule has 0 bridgehead atoms. The Bertz CT molecular complexity index is 853. The minimum absolute atomic E-state index is 0.0152. The third kappa shape index (κ3) is 6.17. The van der Waals surface area contributed by atoms with E-state index in [9.17, 15) is 14.4 Å². The van der Waals surface area contributed by atoms with E-state index in [1.807, 2.05) is 70.0 Å². The average molecular weight is 459 g/mol. The second-order valence-corrected chi connectivity index (χ2v) is 9.50. The second kappa shape index (κ2) is 11.7. The van der Waals surface area contributed by atoms with E-state index in [-0.39, 0.29) is 30.8 Å². The SMILES string of the molecule is CCC1(C)CC(=O)C(C)C(C)(CC)N1OC(CC(C)c1ccccc1)C(=O)OCCN=C=O. The molecule has 33 heavy (non-hydrogen) atoms. The fourth-order valence-corrected chi connectivity index (χ4v) is 4.58. The van der Waals surface area contributed by atoms with Crippen LogP contribution in [0.15, 0.2) is 35.3 Å². The molecule has 0 N–H and O–H groups in total. The summed E-state index contributed by atoms with van der Waals surface area (Å²) in [6.07, 6.45) is 2.76. The van der Waals surface area contributed by atoms with Gasteiger partial charge in [-0.3, -0.25) is 9.63 Å². The Labute approximate surface area is 197 Å². The molecule has 7 heteroatoms. The Morgan fingerprint density at radius 2 is 1.91 bits per heavy atom. The van der Waals surface area contributed by atoms with E-state index < -0.39 is 23.2 Å². The third-order valence-electron chi connectivity index (χ3n) is 7.35. The van der Waals surface area contributed by atoms with Gasteiger partial charge in [-0.1, -0.05) is 58.0 Å². The van der Waals surface area contributed by atoms with Crippen LogP contribution in [0, 0.1) is 5.92 Å². The van der Waals surface area contributed by atoms with Crippen LogP contribution in [-0.4, -0.2) is 53.2 Å². The zero-order valence-corrected chi connectivity index (χ0v) is 20.8. The van der Waals surface area contributed by atoms with Gasteiger partial charge in [0.15, 0.2) is 6.10 Å². The van der Waals surface area contributed by atoms with Crippen LogP contribution < -0.4 is 0 Å². The molecule has 7 nitrogen and oxygen atoms in total. The highest BCUT2D eigenvalue weighted by atomic mass is 16.7. The number of hydroxylamine groups is 2. The number of hydrogen-bond acceptors (Lipinski definition) is 7. The van der Waals surface area contributed by atoms with Gasteiger partial charge >= 0.3 is 5.97 Å². The van der Waals surface area contributed by atoms with Crippen molar-refractivity contribution in [3.05, 3.63) is 35.9 Å². The third-order valence-corrected chi connectivity index (χ3v) is 7.35. The molecule has 5 atom stereocenters. The summed E-state index contributed by atoms with van der Waals surface area (Å²) < 4.78 is 5.41. The van der Waals surface area contributed by atoms with Crippen LogP contribution in [0.4, 0.5) is 0 Å². The predicted molar refractivity (Wildman–Crippen MR) is 126 cm³/mol. The average Bonchev–Trinajstić information content (AvgIpc) is 2.82. The van der Waals surface area contributed by atoms with E-state index in [2.05, 4.69) is 11.9 Å². The number of esters is 1. The fourth-order valence-electron chi connectivity index (χ4n) is 4.58. The molecule has 1 aromatic rings. The van der Waals surface area contributed by atoms with Crippen molar-refractivity contribution in [2.45, 2.75) is 90.3 Å². The van der Waals surface area contributed by atoms with Crippen LogP contribution in [0.5, 0.6) is 0 Å². The van der Waals surface area contributed by atoms with Crippen LogP contribution in [0.3, 0.4) is 0 Å². The molecule has 2 rings (SSSR count). The lowest BCUT2D eigenvalue weighted by molar-refractivity contribution is -0.314. The van der Waals surface area contributed by atoms with Crippen molar-refractivity contribution in [2.75, 3.05) is 13.2 Å². The molecule has 1 saturated heterocycles.